The summed E-state index contributed by atoms with van der Waals surface area (Å²) < 4.78 is 7.75. The van der Waals surface area contributed by atoms with Crippen molar-refractivity contribution in [2.75, 3.05) is 5.32 Å². The highest BCUT2D eigenvalue weighted by Crippen LogP contribution is 2.31. The number of imidazole rings is 1. The highest BCUT2D eigenvalue weighted by atomic mass is 35.5. The van der Waals surface area contributed by atoms with E-state index in [-0.39, 0.29) is 5.56 Å². The van der Waals surface area contributed by atoms with Crippen molar-refractivity contribution >= 4 is 57.2 Å². The van der Waals surface area contributed by atoms with Gasteiger partial charge in [0.15, 0.2) is 11.6 Å². The third-order valence-electron chi connectivity index (χ3n) is 5.84. The van der Waals surface area contributed by atoms with Gasteiger partial charge in [0.1, 0.15) is 5.76 Å². The maximum absolute atomic E-state index is 13.3. The van der Waals surface area contributed by atoms with E-state index in [0.29, 0.717) is 67.4 Å². The highest BCUT2D eigenvalue weighted by Gasteiger charge is 2.19. The smallest absolute Gasteiger partial charge is 0.261 e. The van der Waals surface area contributed by atoms with E-state index < -0.39 is 0 Å². The molecule has 0 aliphatic heterocycles. The second kappa shape index (κ2) is 9.33. The van der Waals surface area contributed by atoms with Crippen LogP contribution >= 0.6 is 23.2 Å². The van der Waals surface area contributed by atoms with Crippen LogP contribution in [0.1, 0.15) is 24.7 Å². The molecule has 0 saturated carbocycles. The van der Waals surface area contributed by atoms with Crippen LogP contribution in [0.4, 0.5) is 5.95 Å². The van der Waals surface area contributed by atoms with Crippen LogP contribution in [-0.2, 0) is 7.05 Å². The Hall–Kier alpha value is -3.81. The van der Waals surface area contributed by atoms with Gasteiger partial charge >= 0.3 is 0 Å². The van der Waals surface area contributed by atoms with Gasteiger partial charge in [0.05, 0.1) is 32.7 Å². The van der Waals surface area contributed by atoms with E-state index in [1.807, 2.05) is 57.3 Å². The first kappa shape index (κ1) is 23.9. The second-order valence-corrected chi connectivity index (χ2v) is 9.49. The van der Waals surface area contributed by atoms with Crippen molar-refractivity contribution in [2.24, 2.45) is 7.05 Å². The number of anilines is 1. The van der Waals surface area contributed by atoms with Gasteiger partial charge in [-0.3, -0.25) is 4.79 Å². The highest BCUT2D eigenvalue weighted by molar-refractivity contribution is 6.36. The molecule has 1 aromatic carbocycles. The van der Waals surface area contributed by atoms with Crippen LogP contribution in [0.25, 0.3) is 39.6 Å². The molecule has 0 saturated heterocycles. The summed E-state index contributed by atoms with van der Waals surface area (Å²) in [5.41, 5.74) is 3.92. The molecular weight excluding hydrogens is 497 g/mol. The zero-order valence-corrected chi connectivity index (χ0v) is 21.5. The fourth-order valence-corrected chi connectivity index (χ4v) is 4.55. The predicted molar refractivity (Wildman–Crippen MR) is 147 cm³/mol. The first-order valence-electron chi connectivity index (χ1n) is 11.2. The average molecular weight is 520 g/mol. The van der Waals surface area contributed by atoms with Crippen LogP contribution in [0.15, 0.2) is 79.6 Å². The van der Waals surface area contributed by atoms with Crippen molar-refractivity contribution < 1.29 is 4.42 Å². The standard InChI is InChI=1S/C27H23Cl2N5O2/c1-14(2)9-12-20-15(3)13-21(36-20)25-30-18-10-11-19-24(22(18)26(35)33-25)34(4)27(31-19)32-23-16(28)7-5-6-8-17(23)29/h5-7,9-13H,1,8H2,2-4H3,(H,31,32)(H,30,33,35)/b12-9-. The number of nitrogens with one attached hydrogen (secondary N) is 2. The summed E-state index contributed by atoms with van der Waals surface area (Å²) >= 11 is 12.9. The number of hydrogen-bond donors (Lipinski definition) is 2. The normalized spacial score (nSPS) is 14.2. The monoisotopic (exact) mass is 519 g/mol. The third-order valence-corrected chi connectivity index (χ3v) is 6.50. The Kier molecular flexibility index (Phi) is 6.20. The summed E-state index contributed by atoms with van der Waals surface area (Å²) in [7, 11) is 1.82. The first-order chi connectivity index (χ1) is 17.2. The molecule has 5 rings (SSSR count). The molecule has 3 aromatic heterocycles. The lowest BCUT2D eigenvalue weighted by Crippen LogP contribution is -2.11. The number of fused-ring (bicyclic) bond motifs is 3. The molecule has 4 aromatic rings. The van der Waals surface area contributed by atoms with Crippen molar-refractivity contribution in [3.63, 3.8) is 0 Å². The number of aryl methyl sites for hydroxylation is 2. The molecule has 7 nitrogen and oxygen atoms in total. The van der Waals surface area contributed by atoms with E-state index >= 15 is 0 Å². The van der Waals surface area contributed by atoms with Crippen LogP contribution in [0.5, 0.6) is 0 Å². The number of furan rings is 1. The van der Waals surface area contributed by atoms with Crippen molar-refractivity contribution in [3.8, 4) is 11.6 Å². The van der Waals surface area contributed by atoms with Crippen LogP contribution in [0.2, 0.25) is 0 Å². The number of aromatic nitrogens is 4. The van der Waals surface area contributed by atoms with Crippen molar-refractivity contribution in [2.45, 2.75) is 20.3 Å². The van der Waals surface area contributed by atoms with Gasteiger partial charge in [-0.2, -0.15) is 0 Å². The number of benzene rings is 1. The Balaban J connectivity index is 1.60. The van der Waals surface area contributed by atoms with E-state index in [9.17, 15) is 4.79 Å². The van der Waals surface area contributed by atoms with Gasteiger partial charge in [-0.1, -0.05) is 53.6 Å². The molecule has 2 N–H and O–H groups in total. The molecule has 0 bridgehead atoms. The minimum atomic E-state index is -0.294. The minimum Gasteiger partial charge on any atom is -0.453 e. The van der Waals surface area contributed by atoms with E-state index in [0.717, 1.165) is 11.1 Å². The molecule has 0 fully saturated rings. The van der Waals surface area contributed by atoms with Crippen LogP contribution in [-0.4, -0.2) is 19.5 Å². The number of rotatable bonds is 5. The Labute approximate surface area is 217 Å². The number of nitrogens with zero attached hydrogens (tertiary/aromatic N) is 3. The molecule has 1 aliphatic carbocycles. The summed E-state index contributed by atoms with van der Waals surface area (Å²) in [4.78, 5) is 25.5. The topological polar surface area (TPSA) is 88.7 Å². The molecule has 36 heavy (non-hydrogen) atoms. The fraction of sp³-hybridized carbons (Fsp3) is 0.148. The molecule has 0 spiro atoms. The maximum Gasteiger partial charge on any atom is 0.261 e. The van der Waals surface area contributed by atoms with Crippen molar-refractivity contribution in [3.05, 3.63) is 92.1 Å². The molecule has 0 unspecified atom stereocenters. The molecule has 182 valence electrons. The number of aromatic amines is 1. The summed E-state index contributed by atoms with van der Waals surface area (Å²) in [5, 5.41) is 4.69. The number of allylic oxidation sites excluding steroid dienone is 7. The van der Waals surface area contributed by atoms with Gasteiger partial charge in [0.2, 0.25) is 5.95 Å². The Bertz CT molecular complexity index is 1730. The fourth-order valence-electron chi connectivity index (χ4n) is 4.03. The van der Waals surface area contributed by atoms with E-state index in [1.165, 1.54) is 0 Å². The SMILES string of the molecule is C=C(C)/C=C\c1oc(-c2nc3ccc4nc(NC5=C(Cl)CC=CC=C5Cl)n(C)c4c3c(=O)[nH]2)cc1C. The quantitative estimate of drug-likeness (QED) is 0.279. The van der Waals surface area contributed by atoms with Crippen LogP contribution < -0.4 is 10.9 Å². The van der Waals surface area contributed by atoms with Gasteiger partial charge in [-0.15, -0.1) is 0 Å². The minimum absolute atomic E-state index is 0.294. The third kappa shape index (κ3) is 4.32. The zero-order chi connectivity index (χ0) is 25.6. The largest absolute Gasteiger partial charge is 0.453 e. The van der Waals surface area contributed by atoms with Crippen molar-refractivity contribution in [1.82, 2.24) is 19.5 Å². The van der Waals surface area contributed by atoms with Crippen molar-refractivity contribution in [1.29, 1.82) is 0 Å². The van der Waals surface area contributed by atoms with E-state index in [1.54, 1.807) is 16.7 Å². The van der Waals surface area contributed by atoms with E-state index in [4.69, 9.17) is 27.6 Å². The molecule has 0 radical (unpaired) electrons. The molecule has 1 aliphatic rings. The molecule has 0 atom stereocenters. The lowest BCUT2D eigenvalue weighted by molar-refractivity contribution is 0.565. The van der Waals surface area contributed by atoms with Crippen LogP contribution in [0.3, 0.4) is 0 Å². The number of hydrogen-bond acceptors (Lipinski definition) is 5. The lowest BCUT2D eigenvalue weighted by atomic mass is 10.2. The van der Waals surface area contributed by atoms with Gasteiger partial charge < -0.3 is 19.3 Å². The van der Waals surface area contributed by atoms with Gasteiger partial charge in [0, 0.05) is 18.5 Å². The second-order valence-electron chi connectivity index (χ2n) is 8.63. The van der Waals surface area contributed by atoms with E-state index in [2.05, 4.69) is 26.8 Å². The summed E-state index contributed by atoms with van der Waals surface area (Å²) in [6, 6.07) is 5.46. The molecular formula is C27H23Cl2N5O2. The molecule has 0 amide bonds. The zero-order valence-electron chi connectivity index (χ0n) is 19.9. The average Bonchev–Trinajstić information content (AvgIpc) is 3.32. The summed E-state index contributed by atoms with van der Waals surface area (Å²) in [5.74, 6) is 2.01. The molecule has 9 heteroatoms. The Morgan fingerprint density at radius 1 is 1.28 bits per heavy atom. The van der Waals surface area contributed by atoms with Gasteiger partial charge in [-0.25, -0.2) is 9.97 Å². The summed E-state index contributed by atoms with van der Waals surface area (Å²) in [6.45, 7) is 7.71. The Morgan fingerprint density at radius 3 is 2.83 bits per heavy atom. The molecule has 3 heterocycles. The number of H-pyrrole nitrogens is 1. The summed E-state index contributed by atoms with van der Waals surface area (Å²) in [6.07, 6.45) is 9.81. The lowest BCUT2D eigenvalue weighted by Gasteiger charge is -2.11. The van der Waals surface area contributed by atoms with Crippen LogP contribution in [0, 0.1) is 6.92 Å². The maximum atomic E-state index is 13.3. The predicted octanol–water partition coefficient (Wildman–Crippen LogP) is 6.91. The van der Waals surface area contributed by atoms with Gasteiger partial charge in [-0.05, 0) is 49.8 Å². The first-order valence-corrected chi connectivity index (χ1v) is 12.0. The van der Waals surface area contributed by atoms with Gasteiger partial charge in [0.25, 0.3) is 5.56 Å². The Morgan fingerprint density at radius 2 is 2.06 bits per heavy atom. The number of halogens is 2.